The van der Waals surface area contributed by atoms with Crippen molar-refractivity contribution in [3.05, 3.63) is 70.5 Å². The van der Waals surface area contributed by atoms with Crippen molar-refractivity contribution in [1.29, 1.82) is 0 Å². The molecule has 0 aliphatic carbocycles. The largest absolute Gasteiger partial charge is 0.322 e. The van der Waals surface area contributed by atoms with Gasteiger partial charge in [0.25, 0.3) is 15.9 Å². The summed E-state index contributed by atoms with van der Waals surface area (Å²) in [6, 6.07) is 11.3. The topological polar surface area (TPSA) is 138 Å². The van der Waals surface area contributed by atoms with Gasteiger partial charge in [0.15, 0.2) is 0 Å². The fourth-order valence-corrected chi connectivity index (χ4v) is 6.92. The third-order valence-electron chi connectivity index (χ3n) is 5.76. The minimum atomic E-state index is -3.96. The van der Waals surface area contributed by atoms with Gasteiger partial charge in [-0.2, -0.15) is 4.31 Å². The van der Waals surface area contributed by atoms with Crippen LogP contribution in [0.4, 0.5) is 11.6 Å². The molecule has 1 aliphatic heterocycles. The number of sulfonamides is 2. The molecule has 2 aromatic carbocycles. The molecule has 0 spiro atoms. The summed E-state index contributed by atoms with van der Waals surface area (Å²) < 4.78 is 55.3. The Kier molecular flexibility index (Phi) is 7.83. The van der Waals surface area contributed by atoms with E-state index in [0.29, 0.717) is 30.2 Å². The minimum absolute atomic E-state index is 0.0343. The maximum atomic E-state index is 13.1. The van der Waals surface area contributed by atoms with Crippen LogP contribution in [0.15, 0.2) is 58.3 Å². The summed E-state index contributed by atoms with van der Waals surface area (Å²) in [5.74, 6) is -0.600. The van der Waals surface area contributed by atoms with Gasteiger partial charge in [-0.3, -0.25) is 4.79 Å². The molecule has 4 rings (SSSR count). The van der Waals surface area contributed by atoms with E-state index in [2.05, 4.69) is 20.0 Å². The van der Waals surface area contributed by atoms with Gasteiger partial charge in [0, 0.05) is 35.7 Å². The number of benzene rings is 2. The van der Waals surface area contributed by atoms with Gasteiger partial charge in [0.1, 0.15) is 4.90 Å². The highest BCUT2D eigenvalue weighted by Crippen LogP contribution is 2.28. The zero-order valence-electron chi connectivity index (χ0n) is 20.2. The quantitative estimate of drug-likeness (QED) is 0.443. The average molecular weight is 564 g/mol. The van der Waals surface area contributed by atoms with Crippen molar-refractivity contribution in [3.63, 3.8) is 0 Å². The lowest BCUT2D eigenvalue weighted by Crippen LogP contribution is -2.35. The van der Waals surface area contributed by atoms with Crippen molar-refractivity contribution in [2.75, 3.05) is 23.1 Å². The van der Waals surface area contributed by atoms with E-state index >= 15 is 0 Å². The smallest absolute Gasteiger partial charge is 0.264 e. The lowest BCUT2D eigenvalue weighted by molar-refractivity contribution is 0.102. The van der Waals surface area contributed by atoms with E-state index in [9.17, 15) is 21.6 Å². The zero-order valence-corrected chi connectivity index (χ0v) is 22.6. The molecule has 2 heterocycles. The summed E-state index contributed by atoms with van der Waals surface area (Å²) in [5, 5.41) is 2.69. The van der Waals surface area contributed by atoms with E-state index < -0.39 is 26.0 Å². The first-order chi connectivity index (χ1) is 17.5. The van der Waals surface area contributed by atoms with Gasteiger partial charge >= 0.3 is 0 Å². The normalized spacial score (nSPS) is 14.8. The molecule has 0 bridgehead atoms. The van der Waals surface area contributed by atoms with Crippen LogP contribution in [-0.2, 0) is 20.0 Å². The summed E-state index contributed by atoms with van der Waals surface area (Å²) in [7, 11) is -7.79. The average Bonchev–Trinajstić information content (AvgIpc) is 2.84. The van der Waals surface area contributed by atoms with Crippen LogP contribution in [0, 0.1) is 13.8 Å². The van der Waals surface area contributed by atoms with Gasteiger partial charge in [-0.05, 0) is 75.2 Å². The molecule has 37 heavy (non-hydrogen) atoms. The highest BCUT2D eigenvalue weighted by Gasteiger charge is 2.29. The number of piperidine rings is 1. The second-order valence-corrected chi connectivity index (χ2v) is 12.7. The number of carbonyl (C=O) groups excluding carboxylic acids is 1. The molecule has 3 aromatic rings. The molecule has 0 unspecified atom stereocenters. The number of nitrogens with zero attached hydrogens (tertiary/aromatic N) is 3. The predicted molar refractivity (Wildman–Crippen MR) is 141 cm³/mol. The number of rotatable bonds is 7. The molecule has 10 nitrogen and oxygen atoms in total. The molecular weight excluding hydrogens is 538 g/mol. The maximum absolute atomic E-state index is 13.1. The van der Waals surface area contributed by atoms with E-state index in [0.717, 1.165) is 19.3 Å². The fourth-order valence-electron chi connectivity index (χ4n) is 3.96. The van der Waals surface area contributed by atoms with Crippen LogP contribution in [0.25, 0.3) is 0 Å². The standard InChI is InChI=1S/C24H26ClN5O5S2/c1-16-14-17(2)27-24(26-16)29-36(32,33)20-9-7-19(8-10-20)28-23(31)18-6-11-21(25)22(15-18)37(34,35)30-12-4-3-5-13-30/h6-11,14-15H,3-5,12-13H2,1-2H3,(H,28,31)(H,26,27,29). The molecule has 1 fully saturated rings. The van der Waals surface area contributed by atoms with Crippen LogP contribution in [0.3, 0.4) is 0 Å². The number of aromatic nitrogens is 2. The first-order valence-electron chi connectivity index (χ1n) is 11.5. The molecule has 0 atom stereocenters. The van der Waals surface area contributed by atoms with Gasteiger partial charge < -0.3 is 5.32 Å². The first kappa shape index (κ1) is 27.0. The Morgan fingerprint density at radius 2 is 1.51 bits per heavy atom. The fraction of sp³-hybridized carbons (Fsp3) is 0.292. The Bertz CT molecular complexity index is 1520. The SMILES string of the molecule is Cc1cc(C)nc(NS(=O)(=O)c2ccc(NC(=O)c3ccc(Cl)c(S(=O)(=O)N4CCCCC4)c3)cc2)n1. The Labute approximate surface area is 221 Å². The van der Waals surface area contributed by atoms with Crippen LogP contribution < -0.4 is 10.0 Å². The Morgan fingerprint density at radius 1 is 0.892 bits per heavy atom. The third kappa shape index (κ3) is 6.27. The second kappa shape index (κ2) is 10.7. The molecule has 196 valence electrons. The van der Waals surface area contributed by atoms with Crippen LogP contribution >= 0.6 is 11.6 Å². The summed E-state index contributed by atoms with van der Waals surface area (Å²) >= 11 is 6.19. The Morgan fingerprint density at radius 3 is 2.14 bits per heavy atom. The van der Waals surface area contributed by atoms with Crippen LogP contribution in [0.5, 0.6) is 0 Å². The molecule has 1 aliphatic rings. The van der Waals surface area contributed by atoms with Gasteiger partial charge in [-0.25, -0.2) is 31.5 Å². The zero-order chi connectivity index (χ0) is 26.8. The number of anilines is 2. The minimum Gasteiger partial charge on any atom is -0.322 e. The lowest BCUT2D eigenvalue weighted by Gasteiger charge is -2.26. The van der Waals surface area contributed by atoms with E-state index in [1.807, 2.05) is 0 Å². The molecule has 1 amide bonds. The molecule has 2 N–H and O–H groups in total. The van der Waals surface area contributed by atoms with Crippen LogP contribution in [0.2, 0.25) is 5.02 Å². The molecule has 0 saturated carbocycles. The number of carbonyl (C=O) groups is 1. The van der Waals surface area contributed by atoms with Crippen molar-refractivity contribution in [2.24, 2.45) is 0 Å². The Hall–Kier alpha value is -3.06. The Balaban J connectivity index is 1.50. The van der Waals surface area contributed by atoms with Crippen LogP contribution in [0.1, 0.15) is 41.0 Å². The third-order valence-corrected chi connectivity index (χ3v) is 9.48. The number of halogens is 1. The van der Waals surface area contributed by atoms with E-state index in [1.165, 1.54) is 46.8 Å². The van der Waals surface area contributed by atoms with Crippen molar-refractivity contribution >= 4 is 49.2 Å². The predicted octanol–water partition coefficient (Wildman–Crippen LogP) is 3.97. The van der Waals surface area contributed by atoms with Crippen LogP contribution in [-0.4, -0.2) is 50.1 Å². The number of hydrogen-bond donors (Lipinski definition) is 2. The monoisotopic (exact) mass is 563 g/mol. The highest BCUT2D eigenvalue weighted by molar-refractivity contribution is 7.92. The summed E-state index contributed by atoms with van der Waals surface area (Å²) in [4.78, 5) is 20.9. The second-order valence-electron chi connectivity index (χ2n) is 8.67. The van der Waals surface area contributed by atoms with Crippen molar-refractivity contribution in [3.8, 4) is 0 Å². The molecule has 0 radical (unpaired) electrons. The van der Waals surface area contributed by atoms with Gasteiger partial charge in [-0.1, -0.05) is 18.0 Å². The summed E-state index contributed by atoms with van der Waals surface area (Å²) in [6.07, 6.45) is 2.52. The van der Waals surface area contributed by atoms with E-state index in [4.69, 9.17) is 11.6 Å². The highest BCUT2D eigenvalue weighted by atomic mass is 35.5. The molecule has 1 saturated heterocycles. The van der Waals surface area contributed by atoms with Crippen molar-refractivity contribution in [2.45, 2.75) is 42.9 Å². The van der Waals surface area contributed by atoms with Crippen molar-refractivity contribution < 1.29 is 21.6 Å². The van der Waals surface area contributed by atoms with Gasteiger partial charge in [0.05, 0.1) is 9.92 Å². The number of hydrogen-bond acceptors (Lipinski definition) is 7. The number of aryl methyl sites for hydroxylation is 2. The molecular formula is C24H26ClN5O5S2. The van der Waals surface area contributed by atoms with Crippen molar-refractivity contribution in [1.82, 2.24) is 14.3 Å². The summed E-state index contributed by atoms with van der Waals surface area (Å²) in [5.41, 5.74) is 1.67. The summed E-state index contributed by atoms with van der Waals surface area (Å²) in [6.45, 7) is 4.29. The molecule has 1 aromatic heterocycles. The maximum Gasteiger partial charge on any atom is 0.264 e. The molecule has 13 heteroatoms. The first-order valence-corrected chi connectivity index (χ1v) is 14.8. The van der Waals surface area contributed by atoms with Gasteiger partial charge in [0.2, 0.25) is 16.0 Å². The lowest BCUT2D eigenvalue weighted by atomic mass is 10.2. The number of amides is 1. The van der Waals surface area contributed by atoms with E-state index in [-0.39, 0.29) is 26.3 Å². The number of nitrogens with one attached hydrogen (secondary N) is 2. The van der Waals surface area contributed by atoms with Gasteiger partial charge in [-0.15, -0.1) is 0 Å². The van der Waals surface area contributed by atoms with E-state index in [1.54, 1.807) is 19.9 Å².